The first-order valence-corrected chi connectivity index (χ1v) is 8.83. The van der Waals surface area contributed by atoms with Crippen LogP contribution in [0.1, 0.15) is 40.4 Å². The number of amides is 1. The molecule has 0 spiro atoms. The van der Waals surface area contributed by atoms with Gasteiger partial charge in [0, 0.05) is 24.1 Å². The van der Waals surface area contributed by atoms with E-state index in [1.807, 2.05) is 48.6 Å². The Balaban J connectivity index is 0.000000880. The van der Waals surface area contributed by atoms with Crippen molar-refractivity contribution >= 4 is 27.2 Å². The fourth-order valence-electron chi connectivity index (χ4n) is 2.98. The lowest BCUT2D eigenvalue weighted by molar-refractivity contribution is 0.0869. The molecule has 1 amide bonds. The summed E-state index contributed by atoms with van der Waals surface area (Å²) in [6.07, 6.45) is 1.55. The van der Waals surface area contributed by atoms with E-state index >= 15 is 0 Å². The van der Waals surface area contributed by atoms with Crippen LogP contribution in [0.15, 0.2) is 42.5 Å². The summed E-state index contributed by atoms with van der Waals surface area (Å²) in [6.45, 7) is 4.62. The first-order valence-electron chi connectivity index (χ1n) is 8.31. The average molecular weight is 353 g/mol. The maximum Gasteiger partial charge on any atom is 0.273 e. The van der Waals surface area contributed by atoms with Crippen LogP contribution in [0.5, 0.6) is 0 Å². The van der Waals surface area contributed by atoms with E-state index in [2.05, 4.69) is 9.39 Å². The molecule has 0 fully saturated rings. The summed E-state index contributed by atoms with van der Waals surface area (Å²) in [5, 5.41) is 0. The van der Waals surface area contributed by atoms with Gasteiger partial charge in [-0.25, -0.2) is 4.98 Å². The van der Waals surface area contributed by atoms with Gasteiger partial charge >= 0.3 is 0 Å². The molecule has 0 N–H and O–H groups in total. The molecule has 1 unspecified atom stereocenters. The van der Waals surface area contributed by atoms with Gasteiger partial charge in [0.25, 0.3) is 5.91 Å². The number of rotatable bonds is 2. The number of aromatic nitrogens is 2. The highest BCUT2D eigenvalue weighted by atomic mass is 31.0. The number of nitrogens with zero attached hydrogens (tertiary/aromatic N) is 3. The molecular formula is C19H20N3O2P. The molecule has 1 aliphatic heterocycles. The molecule has 0 saturated carbocycles. The molecule has 1 aliphatic rings. The third-order valence-corrected chi connectivity index (χ3v) is 4.62. The first kappa shape index (κ1) is 17.3. The minimum absolute atomic E-state index is 0.0281. The van der Waals surface area contributed by atoms with Crippen LogP contribution in [0.25, 0.3) is 16.9 Å². The Bertz CT molecular complexity index is 932. The molecule has 1 aromatic carbocycles. The largest absolute Gasteiger partial charge is 0.322 e. The lowest BCUT2D eigenvalue weighted by Crippen LogP contribution is -2.21. The van der Waals surface area contributed by atoms with Gasteiger partial charge in [-0.3, -0.25) is 14.0 Å². The zero-order valence-corrected chi connectivity index (χ0v) is 15.4. The van der Waals surface area contributed by atoms with Gasteiger partial charge in [-0.05, 0) is 21.5 Å². The van der Waals surface area contributed by atoms with E-state index in [0.29, 0.717) is 17.8 Å². The summed E-state index contributed by atoms with van der Waals surface area (Å²) in [6, 6.07) is 12.9. The quantitative estimate of drug-likeness (QED) is 0.522. The van der Waals surface area contributed by atoms with Crippen LogP contribution in [0.4, 0.5) is 0 Å². The molecule has 4 rings (SSSR count). The van der Waals surface area contributed by atoms with E-state index in [0.717, 1.165) is 35.3 Å². The molecule has 0 bridgehead atoms. The van der Waals surface area contributed by atoms with Crippen LogP contribution in [-0.2, 0) is 6.42 Å². The fourth-order valence-corrected chi connectivity index (χ4v) is 3.24. The monoisotopic (exact) mass is 353 g/mol. The number of hydrogen-bond donors (Lipinski definition) is 0. The standard InChI is InChI=1S/C17H14N3O2P.C2H6/c21-10-11-4-6-12(7-5-11)16-13-8-9-19(23)17(22)14-2-1-3-15(18-16)20(13)14;1-2/h1-7,10H,8-9,23H2;1-2H3. The van der Waals surface area contributed by atoms with Crippen LogP contribution in [-0.4, -0.2) is 32.8 Å². The minimum Gasteiger partial charge on any atom is -0.322 e. The predicted molar refractivity (Wildman–Crippen MR) is 102 cm³/mol. The second-order valence-corrected chi connectivity index (χ2v) is 6.12. The van der Waals surface area contributed by atoms with Gasteiger partial charge in [0.2, 0.25) is 0 Å². The van der Waals surface area contributed by atoms with Crippen LogP contribution >= 0.6 is 9.39 Å². The molecule has 128 valence electrons. The van der Waals surface area contributed by atoms with Crippen LogP contribution < -0.4 is 0 Å². The Hall–Kier alpha value is -2.52. The number of hydrogen-bond acceptors (Lipinski definition) is 3. The van der Waals surface area contributed by atoms with E-state index in [1.54, 1.807) is 16.8 Å². The lowest BCUT2D eigenvalue weighted by atomic mass is 10.1. The van der Waals surface area contributed by atoms with E-state index in [-0.39, 0.29) is 5.91 Å². The highest BCUT2D eigenvalue weighted by Gasteiger charge is 2.24. The highest BCUT2D eigenvalue weighted by molar-refractivity contribution is 7.14. The van der Waals surface area contributed by atoms with Crippen molar-refractivity contribution in [1.82, 2.24) is 14.1 Å². The summed E-state index contributed by atoms with van der Waals surface area (Å²) in [5.41, 5.74) is 4.85. The number of aldehydes is 1. The van der Waals surface area contributed by atoms with Gasteiger partial charge in [0.15, 0.2) is 0 Å². The van der Waals surface area contributed by atoms with E-state index in [1.165, 1.54) is 0 Å². The smallest absolute Gasteiger partial charge is 0.273 e. The van der Waals surface area contributed by atoms with Crippen LogP contribution in [0, 0.1) is 0 Å². The van der Waals surface area contributed by atoms with Gasteiger partial charge in [0.05, 0.1) is 11.4 Å². The molecular weight excluding hydrogens is 333 g/mol. The van der Waals surface area contributed by atoms with E-state index in [4.69, 9.17) is 4.98 Å². The number of carbonyl (C=O) groups excluding carboxylic acids is 2. The molecule has 0 aliphatic carbocycles. The number of imidazole rings is 1. The van der Waals surface area contributed by atoms with Crippen molar-refractivity contribution in [3.63, 3.8) is 0 Å². The van der Waals surface area contributed by atoms with Crippen molar-refractivity contribution in [2.24, 2.45) is 0 Å². The maximum atomic E-state index is 12.5. The van der Waals surface area contributed by atoms with Crippen molar-refractivity contribution in [2.75, 3.05) is 6.54 Å². The van der Waals surface area contributed by atoms with Gasteiger partial charge in [0.1, 0.15) is 17.6 Å². The molecule has 0 radical (unpaired) electrons. The third-order valence-electron chi connectivity index (χ3n) is 4.13. The van der Waals surface area contributed by atoms with Crippen molar-refractivity contribution in [3.05, 3.63) is 59.4 Å². The summed E-state index contributed by atoms with van der Waals surface area (Å²) < 4.78 is 3.59. The second kappa shape index (κ2) is 7.16. The molecule has 3 heterocycles. The van der Waals surface area contributed by atoms with Gasteiger partial charge < -0.3 is 4.67 Å². The van der Waals surface area contributed by atoms with Crippen molar-refractivity contribution in [3.8, 4) is 11.3 Å². The van der Waals surface area contributed by atoms with E-state index in [9.17, 15) is 9.59 Å². The molecule has 5 nitrogen and oxygen atoms in total. The maximum absolute atomic E-state index is 12.5. The summed E-state index contributed by atoms with van der Waals surface area (Å²) >= 11 is 0. The molecule has 3 aromatic rings. The Kier molecular flexibility index (Phi) is 4.95. The predicted octanol–water partition coefficient (Wildman–Crippen LogP) is 3.63. The Morgan fingerprint density at radius 2 is 1.84 bits per heavy atom. The van der Waals surface area contributed by atoms with Crippen molar-refractivity contribution < 1.29 is 9.59 Å². The van der Waals surface area contributed by atoms with Gasteiger partial charge in [-0.1, -0.05) is 44.2 Å². The number of carbonyl (C=O) groups is 2. The highest BCUT2D eigenvalue weighted by Crippen LogP contribution is 2.29. The van der Waals surface area contributed by atoms with Crippen LogP contribution in [0.2, 0.25) is 0 Å². The van der Waals surface area contributed by atoms with Crippen molar-refractivity contribution in [2.45, 2.75) is 20.3 Å². The Morgan fingerprint density at radius 3 is 2.52 bits per heavy atom. The van der Waals surface area contributed by atoms with Gasteiger partial charge in [-0.15, -0.1) is 0 Å². The number of pyridine rings is 1. The van der Waals surface area contributed by atoms with Crippen molar-refractivity contribution in [1.29, 1.82) is 0 Å². The van der Waals surface area contributed by atoms with Gasteiger partial charge in [-0.2, -0.15) is 0 Å². The Labute approximate surface area is 148 Å². The topological polar surface area (TPSA) is 54.7 Å². The summed E-state index contributed by atoms with van der Waals surface area (Å²) in [7, 11) is 2.49. The fraction of sp³-hybridized carbons (Fsp3) is 0.211. The zero-order valence-electron chi connectivity index (χ0n) is 14.3. The SMILES string of the molecule is CC.O=Cc1ccc(-c2nc3cccc4n3c2CCN(P)C4=O)cc1. The molecule has 25 heavy (non-hydrogen) atoms. The third kappa shape index (κ3) is 2.96. The normalized spacial score (nSPS) is 13.2. The number of benzene rings is 1. The summed E-state index contributed by atoms with van der Waals surface area (Å²) in [4.78, 5) is 28.0. The molecule has 0 saturated heterocycles. The minimum atomic E-state index is -0.0281. The summed E-state index contributed by atoms with van der Waals surface area (Å²) in [5.74, 6) is -0.0281. The Morgan fingerprint density at radius 1 is 1.12 bits per heavy atom. The van der Waals surface area contributed by atoms with E-state index < -0.39 is 0 Å². The zero-order chi connectivity index (χ0) is 18.0. The van der Waals surface area contributed by atoms with Crippen LogP contribution in [0.3, 0.4) is 0 Å². The average Bonchev–Trinajstić information content (AvgIpc) is 2.99. The second-order valence-electron chi connectivity index (χ2n) is 5.50. The lowest BCUT2D eigenvalue weighted by Gasteiger charge is -2.13. The molecule has 2 aromatic heterocycles. The molecule has 1 atom stereocenters. The molecule has 6 heteroatoms. The first-order chi connectivity index (χ1) is 12.2.